The number of nitrogens with one attached hydrogen (secondary N) is 1. The Bertz CT molecular complexity index is 389. The molecule has 0 fully saturated rings. The van der Waals surface area contributed by atoms with Gasteiger partial charge in [0.1, 0.15) is 6.61 Å². The van der Waals surface area contributed by atoms with Crippen LogP contribution in [0.2, 0.25) is 0 Å². The maximum Gasteiger partial charge on any atom is 0.308 e. The topological polar surface area (TPSA) is 55.4 Å². The third-order valence-corrected chi connectivity index (χ3v) is 2.44. The minimum absolute atomic E-state index is 0.0571. The Kier molecular flexibility index (Phi) is 5.91. The van der Waals surface area contributed by atoms with E-state index >= 15 is 0 Å². The van der Waals surface area contributed by atoms with E-state index in [1.54, 1.807) is 13.8 Å². The van der Waals surface area contributed by atoms with Crippen LogP contribution in [-0.4, -0.2) is 17.9 Å². The lowest BCUT2D eigenvalue weighted by Crippen LogP contribution is -2.34. The van der Waals surface area contributed by atoms with Crippen LogP contribution in [0, 0.1) is 0 Å². The minimum atomic E-state index is -0.303. The molecule has 1 N–H and O–H groups in total. The number of amides is 1. The lowest BCUT2D eigenvalue weighted by Gasteiger charge is -2.12. The zero-order valence-electron chi connectivity index (χ0n) is 10.8. The van der Waals surface area contributed by atoms with Crippen molar-refractivity contribution in [3.63, 3.8) is 0 Å². The summed E-state index contributed by atoms with van der Waals surface area (Å²) in [6.45, 7) is 3.83. The molecule has 0 saturated carbocycles. The van der Waals surface area contributed by atoms with Crippen LogP contribution in [0.5, 0.6) is 0 Å². The molecule has 98 valence electrons. The normalized spacial score (nSPS) is 11.7. The van der Waals surface area contributed by atoms with E-state index in [9.17, 15) is 9.59 Å². The van der Waals surface area contributed by atoms with Gasteiger partial charge in [-0.3, -0.25) is 9.59 Å². The average Bonchev–Trinajstić information content (AvgIpc) is 2.37. The van der Waals surface area contributed by atoms with Crippen molar-refractivity contribution in [1.29, 1.82) is 0 Å². The lowest BCUT2D eigenvalue weighted by atomic mass is 10.2. The van der Waals surface area contributed by atoms with Crippen molar-refractivity contribution in [2.24, 2.45) is 0 Å². The highest BCUT2D eigenvalue weighted by atomic mass is 16.5. The molecule has 0 heterocycles. The molecule has 1 atom stereocenters. The smallest absolute Gasteiger partial charge is 0.308 e. The first kappa shape index (κ1) is 14.2. The Morgan fingerprint density at radius 3 is 2.56 bits per heavy atom. The zero-order valence-corrected chi connectivity index (χ0v) is 10.8. The molecule has 1 amide bonds. The first-order chi connectivity index (χ1) is 8.61. The molecular weight excluding hydrogens is 230 g/mol. The molecule has 0 aliphatic rings. The zero-order chi connectivity index (χ0) is 13.4. The molecule has 0 radical (unpaired) electrons. The monoisotopic (exact) mass is 249 g/mol. The van der Waals surface area contributed by atoms with Crippen LogP contribution in [0.3, 0.4) is 0 Å². The summed E-state index contributed by atoms with van der Waals surface area (Å²) in [6, 6.07) is 9.31. The number of esters is 1. The van der Waals surface area contributed by atoms with Gasteiger partial charge in [-0.25, -0.2) is 0 Å². The number of hydrogen-bond donors (Lipinski definition) is 1. The number of carbonyl (C=O) groups excluding carboxylic acids is 2. The molecule has 0 spiro atoms. The summed E-state index contributed by atoms with van der Waals surface area (Å²) in [6.07, 6.45) is 0.613. The van der Waals surface area contributed by atoms with Crippen LogP contribution < -0.4 is 5.32 Å². The van der Waals surface area contributed by atoms with Gasteiger partial charge in [0.2, 0.25) is 5.91 Å². The van der Waals surface area contributed by atoms with E-state index in [2.05, 4.69) is 5.32 Å². The molecule has 1 unspecified atom stereocenters. The van der Waals surface area contributed by atoms with Crippen molar-refractivity contribution in [3.05, 3.63) is 35.9 Å². The summed E-state index contributed by atoms with van der Waals surface area (Å²) in [4.78, 5) is 22.6. The van der Waals surface area contributed by atoms with Gasteiger partial charge in [0.05, 0.1) is 6.42 Å². The molecular formula is C14H19NO3. The first-order valence-corrected chi connectivity index (χ1v) is 6.10. The average molecular weight is 249 g/mol. The molecule has 0 aromatic heterocycles. The maximum atomic E-state index is 11.5. The fraction of sp³-hybridized carbons (Fsp3) is 0.429. The Balaban J connectivity index is 2.27. The first-order valence-electron chi connectivity index (χ1n) is 6.10. The number of hydrogen-bond acceptors (Lipinski definition) is 3. The molecule has 0 saturated heterocycles. The number of benzene rings is 1. The number of rotatable bonds is 6. The van der Waals surface area contributed by atoms with Gasteiger partial charge in [-0.05, 0) is 12.5 Å². The second-order valence-electron chi connectivity index (χ2n) is 4.17. The highest BCUT2D eigenvalue weighted by Gasteiger charge is 2.11. The van der Waals surface area contributed by atoms with E-state index in [0.717, 1.165) is 5.56 Å². The largest absolute Gasteiger partial charge is 0.461 e. The van der Waals surface area contributed by atoms with Crippen LogP contribution in [0.1, 0.15) is 32.3 Å². The molecule has 0 aliphatic carbocycles. The lowest BCUT2D eigenvalue weighted by molar-refractivity contribution is -0.145. The Labute approximate surface area is 107 Å². The van der Waals surface area contributed by atoms with E-state index in [1.165, 1.54) is 0 Å². The van der Waals surface area contributed by atoms with Gasteiger partial charge < -0.3 is 10.1 Å². The molecule has 1 rings (SSSR count). The summed E-state index contributed by atoms with van der Waals surface area (Å²) in [5, 5.41) is 2.72. The number of ether oxygens (including phenoxy) is 1. The van der Waals surface area contributed by atoms with Gasteiger partial charge >= 0.3 is 5.97 Å². The Morgan fingerprint density at radius 2 is 1.94 bits per heavy atom. The van der Waals surface area contributed by atoms with Crippen LogP contribution in [0.25, 0.3) is 0 Å². The SMILES string of the molecule is CCC(=O)NC(C)CC(=O)OCc1ccccc1. The van der Waals surface area contributed by atoms with Gasteiger partial charge in [-0.1, -0.05) is 37.3 Å². The van der Waals surface area contributed by atoms with Crippen LogP contribution in [0.4, 0.5) is 0 Å². The molecule has 0 aliphatic heterocycles. The molecule has 0 bridgehead atoms. The van der Waals surface area contributed by atoms with E-state index < -0.39 is 0 Å². The quantitative estimate of drug-likeness (QED) is 0.785. The predicted molar refractivity (Wildman–Crippen MR) is 68.8 cm³/mol. The summed E-state index contributed by atoms with van der Waals surface area (Å²) in [5.74, 6) is -0.360. The van der Waals surface area contributed by atoms with Crippen molar-refractivity contribution in [1.82, 2.24) is 5.32 Å². The van der Waals surface area contributed by atoms with Crippen molar-refractivity contribution in [2.45, 2.75) is 39.3 Å². The Hall–Kier alpha value is -1.84. The fourth-order valence-electron chi connectivity index (χ4n) is 1.47. The van der Waals surface area contributed by atoms with Gasteiger partial charge in [0, 0.05) is 12.5 Å². The summed E-state index contributed by atoms with van der Waals surface area (Å²) >= 11 is 0. The van der Waals surface area contributed by atoms with Crippen molar-refractivity contribution in [2.75, 3.05) is 0 Å². The molecule has 18 heavy (non-hydrogen) atoms. The third-order valence-electron chi connectivity index (χ3n) is 2.44. The third kappa shape index (κ3) is 5.48. The highest BCUT2D eigenvalue weighted by molar-refractivity contribution is 5.77. The molecule has 4 heteroatoms. The van der Waals surface area contributed by atoms with Crippen LogP contribution >= 0.6 is 0 Å². The molecule has 1 aromatic carbocycles. The predicted octanol–water partition coefficient (Wildman–Crippen LogP) is 2.03. The molecule has 1 aromatic rings. The van der Waals surface area contributed by atoms with Gasteiger partial charge in [0.25, 0.3) is 0 Å². The summed E-state index contributed by atoms with van der Waals surface area (Å²) < 4.78 is 5.12. The highest BCUT2D eigenvalue weighted by Crippen LogP contribution is 2.03. The van der Waals surface area contributed by atoms with Gasteiger partial charge in [-0.2, -0.15) is 0 Å². The van der Waals surface area contributed by atoms with Crippen molar-refractivity contribution < 1.29 is 14.3 Å². The minimum Gasteiger partial charge on any atom is -0.461 e. The summed E-state index contributed by atoms with van der Waals surface area (Å²) in [5.41, 5.74) is 0.955. The van der Waals surface area contributed by atoms with E-state index in [0.29, 0.717) is 6.42 Å². The van der Waals surface area contributed by atoms with Gasteiger partial charge in [-0.15, -0.1) is 0 Å². The van der Waals surface area contributed by atoms with Gasteiger partial charge in [0.15, 0.2) is 0 Å². The Morgan fingerprint density at radius 1 is 1.28 bits per heavy atom. The van der Waals surface area contributed by atoms with Crippen LogP contribution in [0.15, 0.2) is 30.3 Å². The number of carbonyl (C=O) groups is 2. The van der Waals surface area contributed by atoms with E-state index in [1.807, 2.05) is 30.3 Å². The van der Waals surface area contributed by atoms with Crippen LogP contribution in [-0.2, 0) is 20.9 Å². The second-order valence-corrected chi connectivity index (χ2v) is 4.17. The molecule has 4 nitrogen and oxygen atoms in total. The van der Waals surface area contributed by atoms with Crippen molar-refractivity contribution in [3.8, 4) is 0 Å². The fourth-order valence-corrected chi connectivity index (χ4v) is 1.47. The summed E-state index contributed by atoms with van der Waals surface area (Å²) in [7, 11) is 0. The van der Waals surface area contributed by atoms with E-state index in [-0.39, 0.29) is 30.9 Å². The van der Waals surface area contributed by atoms with Crippen molar-refractivity contribution >= 4 is 11.9 Å². The standard InChI is InChI=1S/C14H19NO3/c1-3-13(16)15-11(2)9-14(17)18-10-12-7-5-4-6-8-12/h4-8,11H,3,9-10H2,1-2H3,(H,15,16). The van der Waals surface area contributed by atoms with E-state index in [4.69, 9.17) is 4.74 Å². The maximum absolute atomic E-state index is 11.5. The second kappa shape index (κ2) is 7.48.